The number of aliphatic carboxylic acids is 1. The number of rotatable bonds is 5. The Morgan fingerprint density at radius 3 is 2.70 bits per heavy atom. The Morgan fingerprint density at radius 2 is 2.10 bits per heavy atom. The Kier molecular flexibility index (Phi) is 5.91. The SMILES string of the molecule is CN1CC(NC(=O)NC(=O)COCC(=O)O)CCC1=O. The van der Waals surface area contributed by atoms with E-state index in [1.54, 1.807) is 7.05 Å². The van der Waals surface area contributed by atoms with E-state index in [2.05, 4.69) is 10.1 Å². The van der Waals surface area contributed by atoms with Crippen molar-refractivity contribution < 1.29 is 29.0 Å². The summed E-state index contributed by atoms with van der Waals surface area (Å²) in [6, 6.07) is -0.910. The number of likely N-dealkylation sites (N-methyl/N-ethyl adjacent to an activating group) is 1. The van der Waals surface area contributed by atoms with E-state index in [0.29, 0.717) is 19.4 Å². The zero-order chi connectivity index (χ0) is 15.1. The number of amides is 4. The van der Waals surface area contributed by atoms with Crippen LogP contribution in [0.15, 0.2) is 0 Å². The summed E-state index contributed by atoms with van der Waals surface area (Å²) >= 11 is 0. The predicted octanol–water partition coefficient (Wildman–Crippen LogP) is -1.47. The smallest absolute Gasteiger partial charge is 0.329 e. The third-order valence-electron chi connectivity index (χ3n) is 2.67. The molecule has 0 radical (unpaired) electrons. The van der Waals surface area contributed by atoms with E-state index in [9.17, 15) is 19.2 Å². The molecule has 0 aliphatic carbocycles. The Hall–Kier alpha value is -2.16. The largest absolute Gasteiger partial charge is 0.480 e. The van der Waals surface area contributed by atoms with Crippen LogP contribution in [0.5, 0.6) is 0 Å². The second kappa shape index (κ2) is 7.43. The summed E-state index contributed by atoms with van der Waals surface area (Å²) in [7, 11) is 1.64. The topological polar surface area (TPSA) is 125 Å². The fourth-order valence-electron chi connectivity index (χ4n) is 1.75. The number of urea groups is 1. The molecule has 3 N–H and O–H groups in total. The van der Waals surface area contributed by atoms with E-state index in [0.717, 1.165) is 0 Å². The molecular formula is C11H17N3O6. The van der Waals surface area contributed by atoms with Crippen molar-refractivity contribution in [1.82, 2.24) is 15.5 Å². The zero-order valence-electron chi connectivity index (χ0n) is 11.0. The summed E-state index contributed by atoms with van der Waals surface area (Å²) in [5.41, 5.74) is 0. The van der Waals surface area contributed by atoms with Gasteiger partial charge in [0.25, 0.3) is 5.91 Å². The molecule has 1 heterocycles. The van der Waals surface area contributed by atoms with Gasteiger partial charge in [-0.25, -0.2) is 9.59 Å². The summed E-state index contributed by atoms with van der Waals surface area (Å²) in [5, 5.41) is 12.9. The van der Waals surface area contributed by atoms with E-state index in [-0.39, 0.29) is 11.9 Å². The number of carboxylic acids is 1. The number of carboxylic acid groups (broad SMARTS) is 1. The van der Waals surface area contributed by atoms with Crippen molar-refractivity contribution in [3.05, 3.63) is 0 Å². The molecule has 1 fully saturated rings. The minimum Gasteiger partial charge on any atom is -0.480 e. The number of carbonyl (C=O) groups is 4. The molecule has 0 bridgehead atoms. The number of nitrogens with zero attached hydrogens (tertiary/aromatic N) is 1. The fraction of sp³-hybridized carbons (Fsp3) is 0.636. The van der Waals surface area contributed by atoms with Gasteiger partial charge in [0.2, 0.25) is 5.91 Å². The van der Waals surface area contributed by atoms with Crippen LogP contribution in [0.4, 0.5) is 4.79 Å². The average molecular weight is 287 g/mol. The van der Waals surface area contributed by atoms with Crippen molar-refractivity contribution in [2.75, 3.05) is 26.8 Å². The third-order valence-corrected chi connectivity index (χ3v) is 2.67. The lowest BCUT2D eigenvalue weighted by atomic mass is 10.1. The van der Waals surface area contributed by atoms with Crippen LogP contribution in [0.2, 0.25) is 0 Å². The first kappa shape index (κ1) is 15.9. The second-order valence-corrected chi connectivity index (χ2v) is 4.42. The predicted molar refractivity (Wildman–Crippen MR) is 65.8 cm³/mol. The van der Waals surface area contributed by atoms with Gasteiger partial charge in [0, 0.05) is 26.1 Å². The molecule has 1 rings (SSSR count). The number of hydrogen-bond acceptors (Lipinski definition) is 5. The quantitative estimate of drug-likeness (QED) is 0.567. The molecule has 9 nitrogen and oxygen atoms in total. The van der Waals surface area contributed by atoms with Crippen LogP contribution >= 0.6 is 0 Å². The van der Waals surface area contributed by atoms with Gasteiger partial charge in [0.05, 0.1) is 0 Å². The normalized spacial score (nSPS) is 18.6. The number of carbonyl (C=O) groups excluding carboxylic acids is 3. The molecule has 1 aliphatic heterocycles. The van der Waals surface area contributed by atoms with Crippen molar-refractivity contribution in [3.63, 3.8) is 0 Å². The lowest BCUT2D eigenvalue weighted by Gasteiger charge is -2.29. The molecule has 1 unspecified atom stereocenters. The van der Waals surface area contributed by atoms with Gasteiger partial charge in [-0.2, -0.15) is 0 Å². The highest BCUT2D eigenvalue weighted by Gasteiger charge is 2.24. The van der Waals surface area contributed by atoms with Gasteiger partial charge in [0.15, 0.2) is 0 Å². The van der Waals surface area contributed by atoms with E-state index in [4.69, 9.17) is 5.11 Å². The minimum atomic E-state index is -1.20. The molecule has 1 aliphatic rings. The second-order valence-electron chi connectivity index (χ2n) is 4.42. The zero-order valence-corrected chi connectivity index (χ0v) is 11.0. The number of nitrogens with one attached hydrogen (secondary N) is 2. The Labute approximate surface area is 115 Å². The highest BCUT2D eigenvalue weighted by molar-refractivity contribution is 5.95. The van der Waals surface area contributed by atoms with Crippen molar-refractivity contribution in [3.8, 4) is 0 Å². The molecule has 20 heavy (non-hydrogen) atoms. The first-order valence-corrected chi connectivity index (χ1v) is 6.02. The van der Waals surface area contributed by atoms with Crippen LogP contribution in [-0.4, -0.2) is 66.7 Å². The fourth-order valence-corrected chi connectivity index (χ4v) is 1.75. The Morgan fingerprint density at radius 1 is 1.40 bits per heavy atom. The highest BCUT2D eigenvalue weighted by atomic mass is 16.5. The summed E-state index contributed by atoms with van der Waals surface area (Å²) < 4.78 is 4.53. The molecule has 0 aromatic heterocycles. The van der Waals surface area contributed by atoms with E-state index < -0.39 is 31.1 Å². The average Bonchev–Trinajstić information content (AvgIpc) is 2.33. The molecule has 0 aromatic carbocycles. The summed E-state index contributed by atoms with van der Waals surface area (Å²) in [6.07, 6.45) is 0.859. The van der Waals surface area contributed by atoms with Gasteiger partial charge in [-0.05, 0) is 6.42 Å². The lowest BCUT2D eigenvalue weighted by molar-refractivity contribution is -0.143. The summed E-state index contributed by atoms with van der Waals surface area (Å²) in [6.45, 7) is -0.733. The van der Waals surface area contributed by atoms with E-state index in [1.807, 2.05) is 5.32 Å². The Balaban J connectivity index is 2.24. The van der Waals surface area contributed by atoms with Crippen molar-refractivity contribution in [2.45, 2.75) is 18.9 Å². The number of hydrogen-bond donors (Lipinski definition) is 3. The Bertz CT molecular complexity index is 411. The number of imide groups is 1. The van der Waals surface area contributed by atoms with Gasteiger partial charge in [-0.3, -0.25) is 14.9 Å². The summed E-state index contributed by atoms with van der Waals surface area (Å²) in [4.78, 5) is 45.6. The van der Waals surface area contributed by atoms with Crippen LogP contribution < -0.4 is 10.6 Å². The highest BCUT2D eigenvalue weighted by Crippen LogP contribution is 2.09. The molecule has 0 spiro atoms. The van der Waals surface area contributed by atoms with Crippen LogP contribution in [0.3, 0.4) is 0 Å². The molecule has 112 valence electrons. The third kappa shape index (κ3) is 5.65. The van der Waals surface area contributed by atoms with Gasteiger partial charge in [-0.1, -0.05) is 0 Å². The first-order valence-electron chi connectivity index (χ1n) is 6.02. The number of likely N-dealkylation sites (tertiary alicyclic amines) is 1. The first-order chi connectivity index (χ1) is 9.38. The van der Waals surface area contributed by atoms with Crippen molar-refractivity contribution in [1.29, 1.82) is 0 Å². The maximum absolute atomic E-state index is 11.5. The van der Waals surface area contributed by atoms with Crippen LogP contribution in [0.1, 0.15) is 12.8 Å². The lowest BCUT2D eigenvalue weighted by Crippen LogP contribution is -2.52. The van der Waals surface area contributed by atoms with E-state index in [1.165, 1.54) is 4.90 Å². The molecule has 4 amide bonds. The van der Waals surface area contributed by atoms with E-state index >= 15 is 0 Å². The number of piperidine rings is 1. The van der Waals surface area contributed by atoms with Gasteiger partial charge in [0.1, 0.15) is 13.2 Å². The maximum Gasteiger partial charge on any atom is 0.329 e. The van der Waals surface area contributed by atoms with Crippen LogP contribution in [-0.2, 0) is 19.1 Å². The summed E-state index contributed by atoms with van der Waals surface area (Å²) in [5.74, 6) is -1.91. The molecular weight excluding hydrogens is 270 g/mol. The van der Waals surface area contributed by atoms with Gasteiger partial charge < -0.3 is 20.1 Å². The molecule has 0 saturated carbocycles. The maximum atomic E-state index is 11.5. The monoisotopic (exact) mass is 287 g/mol. The number of ether oxygens (including phenoxy) is 1. The molecule has 9 heteroatoms. The molecule has 0 aromatic rings. The standard InChI is InChI=1S/C11H17N3O6/c1-14-4-7(2-3-9(14)16)12-11(19)13-8(15)5-20-6-10(17)18/h7H,2-6H2,1H3,(H,17,18)(H2,12,13,15,19). The van der Waals surface area contributed by atoms with Gasteiger partial charge in [-0.15, -0.1) is 0 Å². The van der Waals surface area contributed by atoms with Gasteiger partial charge >= 0.3 is 12.0 Å². The van der Waals surface area contributed by atoms with Crippen LogP contribution in [0, 0.1) is 0 Å². The van der Waals surface area contributed by atoms with Crippen molar-refractivity contribution in [2.24, 2.45) is 0 Å². The minimum absolute atomic E-state index is 0.0154. The van der Waals surface area contributed by atoms with Crippen molar-refractivity contribution >= 4 is 23.8 Å². The van der Waals surface area contributed by atoms with Crippen LogP contribution in [0.25, 0.3) is 0 Å². The molecule has 1 saturated heterocycles. The molecule has 1 atom stereocenters.